The van der Waals surface area contributed by atoms with Crippen LogP contribution in [0, 0.1) is 0 Å². The molecule has 0 radical (unpaired) electrons. The molecule has 0 amide bonds. The molecule has 0 fully saturated rings. The fourth-order valence-electron chi connectivity index (χ4n) is 2.74. The van der Waals surface area contributed by atoms with Gasteiger partial charge in [0.25, 0.3) is 0 Å². The van der Waals surface area contributed by atoms with Crippen molar-refractivity contribution >= 4 is 41.5 Å². The summed E-state index contributed by atoms with van der Waals surface area (Å²) < 4.78 is 1.95. The third-order valence-electron chi connectivity index (χ3n) is 4.08. The zero-order valence-electron chi connectivity index (χ0n) is 15.9. The van der Waals surface area contributed by atoms with Crippen LogP contribution in [0.25, 0.3) is 5.69 Å². The van der Waals surface area contributed by atoms with Crippen LogP contribution in [0.4, 0.5) is 0 Å². The fourth-order valence-corrected chi connectivity index (χ4v) is 2.94. The quantitative estimate of drug-likeness (QED) is 0.308. The van der Waals surface area contributed by atoms with E-state index in [9.17, 15) is 0 Å². The number of hydrogen-bond acceptors (Lipinski definition) is 3. The Labute approximate surface area is 187 Å². The highest BCUT2D eigenvalue weighted by Gasteiger charge is 2.10. The molecule has 0 aliphatic carbocycles. The molecule has 6 nitrogen and oxygen atoms in total. The maximum Gasteiger partial charge on any atom is 0.194 e. The third kappa shape index (κ3) is 5.68. The lowest BCUT2D eigenvalue weighted by Gasteiger charge is -2.22. The Morgan fingerprint density at radius 3 is 2.57 bits per heavy atom. The lowest BCUT2D eigenvalue weighted by Crippen LogP contribution is -2.38. The van der Waals surface area contributed by atoms with Gasteiger partial charge in [-0.05, 0) is 30.7 Å². The molecular formula is C20H24ClIN6. The van der Waals surface area contributed by atoms with Crippen molar-refractivity contribution in [1.29, 1.82) is 0 Å². The van der Waals surface area contributed by atoms with E-state index in [2.05, 4.69) is 15.5 Å². The second kappa shape index (κ2) is 11.0. The van der Waals surface area contributed by atoms with Crippen LogP contribution in [0.2, 0.25) is 5.02 Å². The standard InChI is InChI=1S/C20H23ClN6.HI/c1-3-22-20(26(2)14-16-9-7-8-12-18(16)21)23-13-19-25-24-15-27(19)17-10-5-4-6-11-17;/h4-12,15H,3,13-14H2,1-2H3,(H,22,23);1H. The highest BCUT2D eigenvalue weighted by atomic mass is 127. The number of aromatic nitrogens is 3. The number of aliphatic imine (C=N–C) groups is 1. The molecule has 0 bridgehead atoms. The Morgan fingerprint density at radius 1 is 1.14 bits per heavy atom. The molecule has 0 atom stereocenters. The smallest absolute Gasteiger partial charge is 0.194 e. The first kappa shape index (κ1) is 22.2. The molecule has 0 spiro atoms. The molecule has 8 heteroatoms. The predicted molar refractivity (Wildman–Crippen MR) is 125 cm³/mol. The molecule has 3 rings (SSSR count). The number of guanidine groups is 1. The number of nitrogens with one attached hydrogen (secondary N) is 1. The van der Waals surface area contributed by atoms with Crippen LogP contribution in [0.5, 0.6) is 0 Å². The monoisotopic (exact) mass is 510 g/mol. The average molecular weight is 511 g/mol. The molecule has 1 aromatic heterocycles. The first-order chi connectivity index (χ1) is 13.2. The number of para-hydroxylation sites is 1. The van der Waals surface area contributed by atoms with Crippen LogP contribution >= 0.6 is 35.6 Å². The molecule has 0 aliphatic heterocycles. The van der Waals surface area contributed by atoms with Crippen molar-refractivity contribution in [2.45, 2.75) is 20.0 Å². The minimum atomic E-state index is 0. The van der Waals surface area contributed by atoms with Crippen molar-refractivity contribution in [3.63, 3.8) is 0 Å². The summed E-state index contributed by atoms with van der Waals surface area (Å²) in [5, 5.41) is 12.3. The van der Waals surface area contributed by atoms with Gasteiger partial charge in [0.1, 0.15) is 12.9 Å². The van der Waals surface area contributed by atoms with E-state index in [1.807, 2.05) is 78.0 Å². The average Bonchev–Trinajstić information content (AvgIpc) is 3.16. The number of hydrogen-bond donors (Lipinski definition) is 1. The molecule has 0 saturated carbocycles. The van der Waals surface area contributed by atoms with Crippen molar-refractivity contribution < 1.29 is 0 Å². The molecule has 1 heterocycles. The second-order valence-corrected chi connectivity index (χ2v) is 6.48. The van der Waals surface area contributed by atoms with Gasteiger partial charge in [-0.25, -0.2) is 4.99 Å². The Balaban J connectivity index is 0.00000280. The topological polar surface area (TPSA) is 58.3 Å². The van der Waals surface area contributed by atoms with E-state index >= 15 is 0 Å². The van der Waals surface area contributed by atoms with Gasteiger partial charge in [-0.15, -0.1) is 34.2 Å². The van der Waals surface area contributed by atoms with Crippen molar-refractivity contribution in [2.75, 3.05) is 13.6 Å². The molecule has 1 N–H and O–H groups in total. The first-order valence-corrected chi connectivity index (χ1v) is 9.24. The Kier molecular flexibility index (Phi) is 8.72. The zero-order chi connectivity index (χ0) is 19.1. The van der Waals surface area contributed by atoms with E-state index in [1.165, 1.54) is 0 Å². The molecule has 0 aliphatic rings. The maximum atomic E-state index is 6.29. The molecule has 2 aromatic carbocycles. The van der Waals surface area contributed by atoms with Gasteiger partial charge in [-0.3, -0.25) is 4.57 Å². The lowest BCUT2D eigenvalue weighted by molar-refractivity contribution is 0.476. The maximum absolute atomic E-state index is 6.29. The van der Waals surface area contributed by atoms with E-state index in [1.54, 1.807) is 6.33 Å². The van der Waals surface area contributed by atoms with Gasteiger partial charge in [-0.1, -0.05) is 48.0 Å². The molecular weight excluding hydrogens is 487 g/mol. The van der Waals surface area contributed by atoms with Crippen molar-refractivity contribution in [1.82, 2.24) is 25.0 Å². The van der Waals surface area contributed by atoms with E-state index in [0.717, 1.165) is 34.6 Å². The summed E-state index contributed by atoms with van der Waals surface area (Å²) in [6.07, 6.45) is 1.71. The summed E-state index contributed by atoms with van der Waals surface area (Å²) in [5.41, 5.74) is 2.07. The number of rotatable bonds is 6. The van der Waals surface area contributed by atoms with E-state index in [0.29, 0.717) is 13.1 Å². The summed E-state index contributed by atoms with van der Waals surface area (Å²) in [4.78, 5) is 6.78. The second-order valence-electron chi connectivity index (χ2n) is 6.07. The summed E-state index contributed by atoms with van der Waals surface area (Å²) >= 11 is 6.29. The minimum Gasteiger partial charge on any atom is -0.357 e. The van der Waals surface area contributed by atoms with Crippen molar-refractivity contribution in [3.05, 3.63) is 77.3 Å². The summed E-state index contributed by atoms with van der Waals surface area (Å²) in [6, 6.07) is 17.8. The predicted octanol–water partition coefficient (Wildman–Crippen LogP) is 4.14. The number of benzene rings is 2. The summed E-state index contributed by atoms with van der Waals surface area (Å²) in [6.45, 7) is 3.91. The zero-order valence-corrected chi connectivity index (χ0v) is 19.0. The summed E-state index contributed by atoms with van der Waals surface area (Å²) in [5.74, 6) is 1.57. The van der Waals surface area contributed by atoms with Gasteiger partial charge in [0.15, 0.2) is 11.8 Å². The Hall–Kier alpha value is -2.13. The van der Waals surface area contributed by atoms with E-state index < -0.39 is 0 Å². The van der Waals surface area contributed by atoms with Crippen LogP contribution in [-0.2, 0) is 13.1 Å². The lowest BCUT2D eigenvalue weighted by atomic mass is 10.2. The third-order valence-corrected chi connectivity index (χ3v) is 4.45. The van der Waals surface area contributed by atoms with Crippen LogP contribution < -0.4 is 5.32 Å². The normalized spacial score (nSPS) is 11.0. The molecule has 28 heavy (non-hydrogen) atoms. The van der Waals surface area contributed by atoms with Crippen LogP contribution in [-0.4, -0.2) is 39.2 Å². The highest BCUT2D eigenvalue weighted by Crippen LogP contribution is 2.16. The van der Waals surface area contributed by atoms with Crippen LogP contribution in [0.15, 0.2) is 65.9 Å². The van der Waals surface area contributed by atoms with Gasteiger partial charge in [0, 0.05) is 30.8 Å². The van der Waals surface area contributed by atoms with Crippen LogP contribution in [0.3, 0.4) is 0 Å². The molecule has 0 saturated heterocycles. The minimum absolute atomic E-state index is 0. The van der Waals surface area contributed by atoms with Gasteiger partial charge >= 0.3 is 0 Å². The van der Waals surface area contributed by atoms with E-state index in [4.69, 9.17) is 16.6 Å². The van der Waals surface area contributed by atoms with E-state index in [-0.39, 0.29) is 24.0 Å². The van der Waals surface area contributed by atoms with Crippen molar-refractivity contribution in [2.24, 2.45) is 4.99 Å². The summed E-state index contributed by atoms with van der Waals surface area (Å²) in [7, 11) is 1.99. The van der Waals surface area contributed by atoms with Gasteiger partial charge < -0.3 is 10.2 Å². The molecule has 0 unspecified atom stereocenters. The SMILES string of the molecule is CCNC(=NCc1nncn1-c1ccccc1)N(C)Cc1ccccc1Cl.I. The largest absolute Gasteiger partial charge is 0.357 e. The fraction of sp³-hybridized carbons (Fsp3) is 0.250. The first-order valence-electron chi connectivity index (χ1n) is 8.86. The Morgan fingerprint density at radius 2 is 1.86 bits per heavy atom. The molecule has 3 aromatic rings. The number of nitrogens with zero attached hydrogens (tertiary/aromatic N) is 5. The highest BCUT2D eigenvalue weighted by molar-refractivity contribution is 14.0. The number of halogens is 2. The van der Waals surface area contributed by atoms with Crippen LogP contribution in [0.1, 0.15) is 18.3 Å². The van der Waals surface area contributed by atoms with Gasteiger partial charge in [0.05, 0.1) is 0 Å². The van der Waals surface area contributed by atoms with Crippen molar-refractivity contribution in [3.8, 4) is 5.69 Å². The molecule has 148 valence electrons. The Bertz CT molecular complexity index is 896. The van der Waals surface area contributed by atoms with Gasteiger partial charge in [-0.2, -0.15) is 0 Å². The van der Waals surface area contributed by atoms with Gasteiger partial charge in [0.2, 0.25) is 0 Å².